The van der Waals surface area contributed by atoms with E-state index in [9.17, 15) is 0 Å². The van der Waals surface area contributed by atoms with Crippen LogP contribution >= 0.6 is 0 Å². The van der Waals surface area contributed by atoms with Crippen molar-refractivity contribution >= 4 is 6.21 Å². The fraction of sp³-hybridized carbons (Fsp3) is 0.857. The molecule has 1 aliphatic heterocycles. The van der Waals surface area contributed by atoms with Gasteiger partial charge in [-0.2, -0.15) is 0 Å². The smallest absolute Gasteiger partial charge is 0.0594 e. The molecule has 0 radical (unpaired) electrons. The van der Waals surface area contributed by atoms with Gasteiger partial charge in [-0.25, -0.2) is 0 Å². The Labute approximate surface area is 61.7 Å². The average molecular weight is 142 g/mol. The highest BCUT2D eigenvalue weighted by molar-refractivity contribution is 5.59. The number of rotatable bonds is 2. The van der Waals surface area contributed by atoms with Gasteiger partial charge < -0.3 is 4.74 Å². The van der Waals surface area contributed by atoms with Crippen LogP contribution in [-0.2, 0) is 4.74 Å². The van der Waals surface area contributed by atoms with Crippen molar-refractivity contribution in [1.29, 1.82) is 0 Å². The summed E-state index contributed by atoms with van der Waals surface area (Å²) in [5.74, 6) is 0. The second-order valence-electron chi connectivity index (χ2n) is 2.35. The summed E-state index contributed by atoms with van der Waals surface area (Å²) >= 11 is 0. The lowest BCUT2D eigenvalue weighted by atomic mass is 10.4. The Bertz CT molecular complexity index is 108. The molecule has 3 nitrogen and oxygen atoms in total. The molecule has 1 fully saturated rings. The molecule has 0 saturated carbocycles. The molecule has 0 amide bonds. The van der Waals surface area contributed by atoms with Gasteiger partial charge in [0.1, 0.15) is 0 Å². The second kappa shape index (κ2) is 4.41. The number of hydrogen-bond acceptors (Lipinski definition) is 3. The van der Waals surface area contributed by atoms with E-state index < -0.39 is 0 Å². The van der Waals surface area contributed by atoms with Crippen molar-refractivity contribution < 1.29 is 4.74 Å². The van der Waals surface area contributed by atoms with E-state index in [1.54, 1.807) is 7.05 Å². The van der Waals surface area contributed by atoms with Crippen molar-refractivity contribution in [2.24, 2.45) is 4.99 Å². The van der Waals surface area contributed by atoms with Crippen LogP contribution < -0.4 is 0 Å². The highest BCUT2D eigenvalue weighted by atomic mass is 16.5. The predicted octanol–water partition coefficient (Wildman–Crippen LogP) is 0.0192. The number of nitrogens with zero attached hydrogens (tertiary/aromatic N) is 2. The van der Waals surface area contributed by atoms with E-state index in [2.05, 4.69) is 9.89 Å². The first-order chi connectivity index (χ1) is 4.93. The minimum absolute atomic E-state index is 0.873. The van der Waals surface area contributed by atoms with Crippen molar-refractivity contribution in [3.63, 3.8) is 0 Å². The highest BCUT2D eigenvalue weighted by Crippen LogP contribution is 1.93. The summed E-state index contributed by atoms with van der Waals surface area (Å²) in [5.41, 5.74) is 0. The Morgan fingerprint density at radius 3 is 2.80 bits per heavy atom. The summed E-state index contributed by atoms with van der Waals surface area (Å²) in [6.07, 6.45) is 1.94. The van der Waals surface area contributed by atoms with Crippen LogP contribution in [0.2, 0.25) is 0 Å². The third kappa shape index (κ3) is 2.45. The Morgan fingerprint density at radius 1 is 1.50 bits per heavy atom. The molecule has 0 spiro atoms. The predicted molar refractivity (Wildman–Crippen MR) is 41.7 cm³/mol. The zero-order valence-electron chi connectivity index (χ0n) is 6.42. The minimum Gasteiger partial charge on any atom is -0.379 e. The Kier molecular flexibility index (Phi) is 3.40. The van der Waals surface area contributed by atoms with Crippen LogP contribution in [0.5, 0.6) is 0 Å². The fourth-order valence-corrected chi connectivity index (χ4v) is 0.981. The van der Waals surface area contributed by atoms with Gasteiger partial charge in [0.25, 0.3) is 0 Å². The largest absolute Gasteiger partial charge is 0.379 e. The molecule has 1 rings (SSSR count). The molecule has 0 unspecified atom stereocenters. The molecule has 0 bridgehead atoms. The van der Waals surface area contributed by atoms with Gasteiger partial charge in [-0.3, -0.25) is 9.89 Å². The molecule has 1 heterocycles. The molecular weight excluding hydrogens is 128 g/mol. The van der Waals surface area contributed by atoms with Gasteiger partial charge in [0.2, 0.25) is 0 Å². The Hall–Kier alpha value is -0.410. The monoisotopic (exact) mass is 142 g/mol. The first-order valence-corrected chi connectivity index (χ1v) is 3.64. The van der Waals surface area contributed by atoms with Gasteiger partial charge in [0, 0.05) is 32.9 Å². The lowest BCUT2D eigenvalue weighted by Gasteiger charge is -2.24. The summed E-state index contributed by atoms with van der Waals surface area (Å²) < 4.78 is 5.19. The molecule has 1 aliphatic rings. The van der Waals surface area contributed by atoms with Gasteiger partial charge >= 0.3 is 0 Å². The van der Waals surface area contributed by atoms with Crippen molar-refractivity contribution in [3.05, 3.63) is 0 Å². The molecule has 1 saturated heterocycles. The fourth-order valence-electron chi connectivity index (χ4n) is 0.981. The zero-order chi connectivity index (χ0) is 7.23. The van der Waals surface area contributed by atoms with E-state index in [1.807, 2.05) is 6.21 Å². The van der Waals surface area contributed by atoms with Crippen LogP contribution in [0.4, 0.5) is 0 Å². The number of morpholine rings is 1. The van der Waals surface area contributed by atoms with E-state index in [4.69, 9.17) is 4.74 Å². The summed E-state index contributed by atoms with van der Waals surface area (Å²) in [6, 6.07) is 0. The zero-order valence-corrected chi connectivity index (χ0v) is 6.42. The maximum Gasteiger partial charge on any atom is 0.0594 e. The first kappa shape index (κ1) is 7.69. The second-order valence-corrected chi connectivity index (χ2v) is 2.35. The van der Waals surface area contributed by atoms with E-state index >= 15 is 0 Å². The quantitative estimate of drug-likeness (QED) is 0.508. The molecule has 3 heteroatoms. The highest BCUT2D eigenvalue weighted by Gasteiger charge is 2.07. The van der Waals surface area contributed by atoms with Crippen molar-refractivity contribution in [2.75, 3.05) is 39.9 Å². The third-order valence-corrected chi connectivity index (χ3v) is 1.63. The Balaban J connectivity index is 2.13. The van der Waals surface area contributed by atoms with E-state index in [-0.39, 0.29) is 0 Å². The minimum atomic E-state index is 0.873. The molecule has 10 heavy (non-hydrogen) atoms. The standard InChI is InChI=1S/C7H14N2O/c1-8-2-3-9-4-6-10-7-5-9/h2H,3-7H2,1H3/b8-2-. The van der Waals surface area contributed by atoms with Gasteiger partial charge in [-0.1, -0.05) is 0 Å². The normalized spacial score (nSPS) is 22.1. The van der Waals surface area contributed by atoms with Crippen molar-refractivity contribution in [3.8, 4) is 0 Å². The maximum absolute atomic E-state index is 5.19. The van der Waals surface area contributed by atoms with Crippen LogP contribution in [0.25, 0.3) is 0 Å². The molecule has 0 aliphatic carbocycles. The SMILES string of the molecule is C/N=C\CN1CCOCC1. The van der Waals surface area contributed by atoms with Crippen LogP contribution in [0.15, 0.2) is 4.99 Å². The van der Waals surface area contributed by atoms with E-state index in [0.29, 0.717) is 0 Å². The summed E-state index contributed by atoms with van der Waals surface area (Å²) in [6.45, 7) is 4.81. The number of aliphatic imine (C=N–C) groups is 1. The maximum atomic E-state index is 5.19. The van der Waals surface area contributed by atoms with Gasteiger partial charge in [-0.05, 0) is 0 Å². The lowest BCUT2D eigenvalue weighted by molar-refractivity contribution is 0.0457. The number of ether oxygens (including phenoxy) is 1. The third-order valence-electron chi connectivity index (χ3n) is 1.63. The molecule has 0 aromatic heterocycles. The van der Waals surface area contributed by atoms with E-state index in [0.717, 1.165) is 32.8 Å². The van der Waals surface area contributed by atoms with Gasteiger partial charge in [0.15, 0.2) is 0 Å². The summed E-state index contributed by atoms with van der Waals surface area (Å²) in [5, 5.41) is 0. The van der Waals surface area contributed by atoms with E-state index in [1.165, 1.54) is 0 Å². The van der Waals surface area contributed by atoms with Crippen LogP contribution in [-0.4, -0.2) is 51.0 Å². The lowest BCUT2D eigenvalue weighted by Crippen LogP contribution is -2.37. The Morgan fingerprint density at radius 2 is 2.20 bits per heavy atom. The van der Waals surface area contributed by atoms with Crippen LogP contribution in [0.3, 0.4) is 0 Å². The molecule has 0 atom stereocenters. The summed E-state index contributed by atoms with van der Waals surface area (Å²) in [4.78, 5) is 6.25. The molecule has 0 aromatic rings. The molecule has 0 N–H and O–H groups in total. The average Bonchev–Trinajstić information content (AvgIpc) is 2.03. The topological polar surface area (TPSA) is 24.8 Å². The molecular formula is C7H14N2O. The van der Waals surface area contributed by atoms with Crippen molar-refractivity contribution in [1.82, 2.24) is 4.90 Å². The van der Waals surface area contributed by atoms with Gasteiger partial charge in [-0.15, -0.1) is 0 Å². The van der Waals surface area contributed by atoms with Crippen LogP contribution in [0.1, 0.15) is 0 Å². The molecule has 58 valence electrons. The summed E-state index contributed by atoms with van der Waals surface area (Å²) in [7, 11) is 1.81. The first-order valence-electron chi connectivity index (χ1n) is 3.64. The van der Waals surface area contributed by atoms with Crippen LogP contribution in [0, 0.1) is 0 Å². The van der Waals surface area contributed by atoms with Gasteiger partial charge in [0.05, 0.1) is 13.2 Å². The molecule has 0 aromatic carbocycles. The van der Waals surface area contributed by atoms with Crippen molar-refractivity contribution in [2.45, 2.75) is 0 Å². The number of hydrogen-bond donors (Lipinski definition) is 0.